The van der Waals surface area contributed by atoms with E-state index in [2.05, 4.69) is 0 Å². The van der Waals surface area contributed by atoms with Crippen LogP contribution >= 0.6 is 11.3 Å². The average Bonchev–Trinajstić information content (AvgIpc) is 2.87. The molecule has 1 atom stereocenters. The molecule has 2 aromatic rings. The lowest BCUT2D eigenvalue weighted by Crippen LogP contribution is -2.22. The van der Waals surface area contributed by atoms with Crippen LogP contribution in [0.3, 0.4) is 0 Å². The number of hydrogen-bond donors (Lipinski definition) is 1. The molecule has 2 rings (SSSR count). The van der Waals surface area contributed by atoms with Gasteiger partial charge in [0.1, 0.15) is 10.7 Å². The molecule has 0 saturated carbocycles. The van der Waals surface area contributed by atoms with Gasteiger partial charge in [-0.1, -0.05) is 18.2 Å². The second-order valence-electron chi connectivity index (χ2n) is 4.68. The van der Waals surface area contributed by atoms with Gasteiger partial charge in [-0.05, 0) is 32.2 Å². The Morgan fingerprint density at radius 2 is 2.05 bits per heavy atom. The Hall–Kier alpha value is -1.72. The first kappa shape index (κ1) is 14.7. The van der Waals surface area contributed by atoms with Crippen LogP contribution in [0.5, 0.6) is 0 Å². The minimum Gasteiger partial charge on any atom is -0.477 e. The van der Waals surface area contributed by atoms with E-state index in [1.807, 2.05) is 24.9 Å². The van der Waals surface area contributed by atoms with Gasteiger partial charge < -0.3 is 5.11 Å². The largest absolute Gasteiger partial charge is 0.477 e. The highest BCUT2D eigenvalue weighted by atomic mass is 32.1. The first-order chi connectivity index (χ1) is 9.49. The first-order valence-electron chi connectivity index (χ1n) is 6.25. The lowest BCUT2D eigenvalue weighted by atomic mass is 10.1. The van der Waals surface area contributed by atoms with Gasteiger partial charge in [-0.15, -0.1) is 11.3 Å². The number of carboxylic acids is 1. The molecule has 0 bridgehead atoms. The number of rotatable bonds is 5. The first-order valence-corrected chi connectivity index (χ1v) is 7.07. The predicted octanol–water partition coefficient (Wildman–Crippen LogP) is 3.78. The fourth-order valence-electron chi connectivity index (χ4n) is 2.01. The summed E-state index contributed by atoms with van der Waals surface area (Å²) in [5.74, 6) is -1.13. The van der Waals surface area contributed by atoms with Crippen molar-refractivity contribution < 1.29 is 14.3 Å². The highest BCUT2D eigenvalue weighted by molar-refractivity contribution is 7.13. The lowest BCUT2D eigenvalue weighted by Gasteiger charge is -2.24. The van der Waals surface area contributed by atoms with Gasteiger partial charge in [-0.2, -0.15) is 0 Å². The summed E-state index contributed by atoms with van der Waals surface area (Å²) >= 11 is 1.25. The maximum absolute atomic E-state index is 13.7. The SMILES string of the molecule is CC(c1ccccc1F)N(C)Cc1ccc(C(=O)O)s1. The number of hydrogen-bond acceptors (Lipinski definition) is 3. The van der Waals surface area contributed by atoms with Crippen molar-refractivity contribution in [1.82, 2.24) is 4.90 Å². The molecule has 0 amide bonds. The molecule has 106 valence electrons. The number of carbonyl (C=O) groups is 1. The van der Waals surface area contributed by atoms with Crippen LogP contribution in [0.15, 0.2) is 36.4 Å². The summed E-state index contributed by atoms with van der Waals surface area (Å²) in [4.78, 5) is 14.1. The zero-order valence-corrected chi connectivity index (χ0v) is 12.2. The smallest absolute Gasteiger partial charge is 0.345 e. The van der Waals surface area contributed by atoms with Crippen LogP contribution < -0.4 is 0 Å². The van der Waals surface area contributed by atoms with Gasteiger partial charge in [0.2, 0.25) is 0 Å². The Morgan fingerprint density at radius 1 is 1.35 bits per heavy atom. The van der Waals surface area contributed by atoms with Crippen molar-refractivity contribution in [3.8, 4) is 0 Å². The van der Waals surface area contributed by atoms with E-state index in [-0.39, 0.29) is 11.9 Å². The van der Waals surface area contributed by atoms with Crippen molar-refractivity contribution >= 4 is 17.3 Å². The van der Waals surface area contributed by atoms with E-state index in [0.29, 0.717) is 17.0 Å². The Labute approximate surface area is 121 Å². The van der Waals surface area contributed by atoms with Crippen LogP contribution in [0, 0.1) is 5.82 Å². The number of aromatic carboxylic acids is 1. The zero-order chi connectivity index (χ0) is 14.7. The van der Waals surface area contributed by atoms with Gasteiger partial charge in [0.05, 0.1) is 0 Å². The summed E-state index contributed by atoms with van der Waals surface area (Å²) in [5.41, 5.74) is 0.644. The molecule has 0 aliphatic rings. The summed E-state index contributed by atoms with van der Waals surface area (Å²) in [6.45, 7) is 2.53. The second-order valence-corrected chi connectivity index (χ2v) is 5.85. The molecule has 1 N–H and O–H groups in total. The topological polar surface area (TPSA) is 40.5 Å². The van der Waals surface area contributed by atoms with Gasteiger partial charge in [0, 0.05) is 23.0 Å². The highest BCUT2D eigenvalue weighted by Crippen LogP contribution is 2.25. The quantitative estimate of drug-likeness (QED) is 0.912. The maximum Gasteiger partial charge on any atom is 0.345 e. The summed E-state index contributed by atoms with van der Waals surface area (Å²) < 4.78 is 13.7. The molecule has 0 aliphatic carbocycles. The predicted molar refractivity (Wildman–Crippen MR) is 77.6 cm³/mol. The van der Waals surface area contributed by atoms with E-state index in [0.717, 1.165) is 4.88 Å². The van der Waals surface area contributed by atoms with Gasteiger partial charge in [-0.3, -0.25) is 4.90 Å². The summed E-state index contributed by atoms with van der Waals surface area (Å²) in [6.07, 6.45) is 0. The molecule has 0 saturated heterocycles. The normalized spacial score (nSPS) is 12.6. The van der Waals surface area contributed by atoms with Gasteiger partial charge >= 0.3 is 5.97 Å². The van der Waals surface area contributed by atoms with Crippen molar-refractivity contribution in [2.45, 2.75) is 19.5 Å². The van der Waals surface area contributed by atoms with Crippen LogP contribution in [-0.2, 0) is 6.54 Å². The Bertz CT molecular complexity index is 611. The molecule has 1 unspecified atom stereocenters. The number of halogens is 1. The zero-order valence-electron chi connectivity index (χ0n) is 11.3. The van der Waals surface area contributed by atoms with Crippen molar-refractivity contribution in [1.29, 1.82) is 0 Å². The van der Waals surface area contributed by atoms with Crippen molar-refractivity contribution in [2.75, 3.05) is 7.05 Å². The standard InChI is InChI=1S/C15H16FNO2S/c1-10(12-5-3-4-6-13(12)16)17(2)9-11-7-8-14(20-11)15(18)19/h3-8,10H,9H2,1-2H3,(H,18,19). The highest BCUT2D eigenvalue weighted by Gasteiger charge is 2.16. The van der Waals surface area contributed by atoms with E-state index in [1.165, 1.54) is 17.4 Å². The maximum atomic E-state index is 13.7. The van der Waals surface area contributed by atoms with Crippen LogP contribution in [0.4, 0.5) is 4.39 Å². The van der Waals surface area contributed by atoms with Crippen LogP contribution in [0.1, 0.15) is 33.1 Å². The number of carboxylic acid groups (broad SMARTS) is 1. The van der Waals surface area contributed by atoms with Crippen molar-refractivity contribution in [2.24, 2.45) is 0 Å². The molecule has 1 heterocycles. The molecule has 0 spiro atoms. The molecule has 3 nitrogen and oxygen atoms in total. The van der Waals surface area contributed by atoms with Crippen LogP contribution in [0.2, 0.25) is 0 Å². The van der Waals surface area contributed by atoms with E-state index < -0.39 is 5.97 Å². The van der Waals surface area contributed by atoms with Crippen LogP contribution in [0.25, 0.3) is 0 Å². The van der Waals surface area contributed by atoms with Gasteiger partial charge in [0.15, 0.2) is 0 Å². The monoisotopic (exact) mass is 293 g/mol. The van der Waals surface area contributed by atoms with E-state index in [9.17, 15) is 9.18 Å². The minimum absolute atomic E-state index is 0.0772. The molecule has 20 heavy (non-hydrogen) atoms. The molecule has 0 fully saturated rings. The molecule has 0 radical (unpaired) electrons. The van der Waals surface area contributed by atoms with E-state index >= 15 is 0 Å². The fourth-order valence-corrected chi connectivity index (χ4v) is 2.92. The van der Waals surface area contributed by atoms with Crippen LogP contribution in [-0.4, -0.2) is 23.0 Å². The third-order valence-electron chi connectivity index (χ3n) is 3.29. The summed E-state index contributed by atoms with van der Waals surface area (Å²) in [5, 5.41) is 8.90. The summed E-state index contributed by atoms with van der Waals surface area (Å²) in [7, 11) is 1.90. The number of nitrogens with zero attached hydrogens (tertiary/aromatic N) is 1. The third-order valence-corrected chi connectivity index (χ3v) is 4.35. The van der Waals surface area contributed by atoms with E-state index in [1.54, 1.807) is 24.3 Å². The minimum atomic E-state index is -0.911. The molecule has 1 aromatic carbocycles. The fraction of sp³-hybridized carbons (Fsp3) is 0.267. The third kappa shape index (κ3) is 3.23. The van der Waals surface area contributed by atoms with Gasteiger partial charge in [0.25, 0.3) is 0 Å². The average molecular weight is 293 g/mol. The second kappa shape index (κ2) is 6.15. The molecule has 0 aliphatic heterocycles. The van der Waals surface area contributed by atoms with E-state index in [4.69, 9.17) is 5.11 Å². The van der Waals surface area contributed by atoms with Crippen molar-refractivity contribution in [3.05, 3.63) is 57.5 Å². The lowest BCUT2D eigenvalue weighted by molar-refractivity contribution is 0.0702. The molecule has 1 aromatic heterocycles. The molecule has 5 heteroatoms. The Morgan fingerprint density at radius 3 is 2.65 bits per heavy atom. The number of benzene rings is 1. The summed E-state index contributed by atoms with van der Waals surface area (Å²) in [6, 6.07) is 10.0. The van der Waals surface area contributed by atoms with Gasteiger partial charge in [-0.25, -0.2) is 9.18 Å². The molecular weight excluding hydrogens is 277 g/mol. The molecular formula is C15H16FNO2S. The van der Waals surface area contributed by atoms with Crippen molar-refractivity contribution in [3.63, 3.8) is 0 Å². The Kier molecular flexibility index (Phi) is 4.52. The number of thiophene rings is 1. The Balaban J connectivity index is 2.09.